The lowest BCUT2D eigenvalue weighted by atomic mass is 10.0. The first-order valence-electron chi connectivity index (χ1n) is 6.07. The summed E-state index contributed by atoms with van der Waals surface area (Å²) in [5.74, 6) is 0.645. The van der Waals surface area contributed by atoms with E-state index in [9.17, 15) is 13.2 Å². The first-order valence-corrected chi connectivity index (χ1v) is 6.86. The molecule has 0 fully saturated rings. The summed E-state index contributed by atoms with van der Waals surface area (Å²) < 4.78 is 43.9. The maximum atomic E-state index is 12.6. The maximum Gasteiger partial charge on any atom is 0.416 e. The molecule has 1 aromatic heterocycles. The predicted molar refractivity (Wildman–Crippen MR) is 73.4 cm³/mol. The van der Waals surface area contributed by atoms with Crippen LogP contribution in [0.5, 0.6) is 0 Å². The summed E-state index contributed by atoms with van der Waals surface area (Å²) >= 11 is 3.37. The molecule has 0 aliphatic carbocycles. The van der Waals surface area contributed by atoms with Crippen molar-refractivity contribution in [2.75, 3.05) is 6.54 Å². The van der Waals surface area contributed by atoms with Crippen molar-refractivity contribution in [3.8, 4) is 0 Å². The SMILES string of the molecule is CCNC(c1ccc(C(F)(F)F)cc1)c1occc1Br. The van der Waals surface area contributed by atoms with Gasteiger partial charge in [0.2, 0.25) is 0 Å². The highest BCUT2D eigenvalue weighted by Gasteiger charge is 2.30. The third kappa shape index (κ3) is 3.24. The Morgan fingerprint density at radius 1 is 1.20 bits per heavy atom. The van der Waals surface area contributed by atoms with Gasteiger partial charge in [-0.2, -0.15) is 13.2 Å². The summed E-state index contributed by atoms with van der Waals surface area (Å²) in [7, 11) is 0. The molecule has 1 atom stereocenters. The van der Waals surface area contributed by atoms with Gasteiger partial charge >= 0.3 is 6.18 Å². The molecule has 1 N–H and O–H groups in total. The zero-order valence-corrected chi connectivity index (χ0v) is 12.3. The van der Waals surface area contributed by atoms with Crippen molar-refractivity contribution < 1.29 is 17.6 Å². The van der Waals surface area contributed by atoms with Crippen LogP contribution in [0.4, 0.5) is 13.2 Å². The molecule has 0 spiro atoms. The molecular weight excluding hydrogens is 335 g/mol. The quantitative estimate of drug-likeness (QED) is 0.862. The Labute approximate surface area is 123 Å². The summed E-state index contributed by atoms with van der Waals surface area (Å²) in [5, 5.41) is 3.20. The van der Waals surface area contributed by atoms with Crippen molar-refractivity contribution in [3.63, 3.8) is 0 Å². The summed E-state index contributed by atoms with van der Waals surface area (Å²) in [5.41, 5.74) is 0.0607. The van der Waals surface area contributed by atoms with Crippen LogP contribution in [0.3, 0.4) is 0 Å². The van der Waals surface area contributed by atoms with Gasteiger partial charge in [-0.1, -0.05) is 19.1 Å². The molecular formula is C14H13BrF3NO. The zero-order valence-electron chi connectivity index (χ0n) is 10.7. The fourth-order valence-corrected chi connectivity index (χ4v) is 2.37. The average Bonchev–Trinajstić information content (AvgIpc) is 2.81. The molecule has 0 bridgehead atoms. The minimum absolute atomic E-state index is 0.286. The van der Waals surface area contributed by atoms with E-state index < -0.39 is 11.7 Å². The molecule has 0 amide bonds. The third-order valence-corrected chi connectivity index (χ3v) is 3.54. The summed E-state index contributed by atoms with van der Waals surface area (Å²) in [4.78, 5) is 0. The Morgan fingerprint density at radius 2 is 1.85 bits per heavy atom. The molecule has 2 rings (SSSR count). The molecule has 0 radical (unpaired) electrons. The normalized spacial score (nSPS) is 13.4. The first kappa shape index (κ1) is 15.1. The number of benzene rings is 1. The van der Waals surface area contributed by atoms with E-state index in [4.69, 9.17) is 4.42 Å². The van der Waals surface area contributed by atoms with Gasteiger partial charge < -0.3 is 9.73 Å². The van der Waals surface area contributed by atoms with Gasteiger partial charge in [0.1, 0.15) is 5.76 Å². The minimum atomic E-state index is -4.32. The average molecular weight is 348 g/mol. The Morgan fingerprint density at radius 3 is 2.30 bits per heavy atom. The lowest BCUT2D eigenvalue weighted by Gasteiger charge is -2.17. The molecule has 108 valence electrons. The van der Waals surface area contributed by atoms with Gasteiger partial charge in [-0.25, -0.2) is 0 Å². The van der Waals surface area contributed by atoms with Gasteiger partial charge in [-0.15, -0.1) is 0 Å². The number of nitrogens with one attached hydrogen (secondary N) is 1. The molecule has 0 saturated carbocycles. The Kier molecular flexibility index (Phi) is 4.55. The monoisotopic (exact) mass is 347 g/mol. The summed E-state index contributed by atoms with van der Waals surface area (Å²) in [6, 6.07) is 6.55. The molecule has 6 heteroatoms. The molecule has 2 nitrogen and oxygen atoms in total. The number of hydrogen-bond donors (Lipinski definition) is 1. The predicted octanol–water partition coefficient (Wildman–Crippen LogP) is 4.76. The van der Waals surface area contributed by atoms with Crippen LogP contribution < -0.4 is 5.32 Å². The first-order chi connectivity index (χ1) is 9.43. The van der Waals surface area contributed by atoms with Crippen molar-refractivity contribution in [1.82, 2.24) is 5.32 Å². The third-order valence-electron chi connectivity index (χ3n) is 2.89. The van der Waals surface area contributed by atoms with Gasteiger partial charge in [-0.3, -0.25) is 0 Å². The molecule has 2 aromatic rings. The van der Waals surface area contributed by atoms with E-state index in [1.54, 1.807) is 6.07 Å². The van der Waals surface area contributed by atoms with Crippen molar-refractivity contribution in [1.29, 1.82) is 0 Å². The van der Waals surface area contributed by atoms with E-state index in [-0.39, 0.29) is 6.04 Å². The Bertz CT molecular complexity index is 563. The van der Waals surface area contributed by atoms with Gasteiger partial charge in [-0.05, 0) is 46.2 Å². The van der Waals surface area contributed by atoms with Crippen molar-refractivity contribution >= 4 is 15.9 Å². The van der Waals surface area contributed by atoms with E-state index in [2.05, 4.69) is 21.2 Å². The van der Waals surface area contributed by atoms with Crippen LogP contribution in [0.15, 0.2) is 45.5 Å². The van der Waals surface area contributed by atoms with Crippen molar-refractivity contribution in [2.24, 2.45) is 0 Å². The Hall–Kier alpha value is -1.27. The fourth-order valence-electron chi connectivity index (χ4n) is 1.94. The van der Waals surface area contributed by atoms with E-state index in [0.29, 0.717) is 12.3 Å². The Balaban J connectivity index is 2.33. The molecule has 1 heterocycles. The van der Waals surface area contributed by atoms with Crippen LogP contribution in [0, 0.1) is 0 Å². The lowest BCUT2D eigenvalue weighted by Crippen LogP contribution is -2.22. The van der Waals surface area contributed by atoms with Crippen molar-refractivity contribution in [3.05, 3.63) is 58.0 Å². The number of hydrogen-bond acceptors (Lipinski definition) is 2. The van der Waals surface area contributed by atoms with Crippen LogP contribution in [0.25, 0.3) is 0 Å². The van der Waals surface area contributed by atoms with E-state index in [1.165, 1.54) is 18.4 Å². The molecule has 1 unspecified atom stereocenters. The molecule has 0 aliphatic heterocycles. The number of halogens is 4. The topological polar surface area (TPSA) is 25.2 Å². The van der Waals surface area contributed by atoms with Gasteiger partial charge in [0, 0.05) is 0 Å². The summed E-state index contributed by atoms with van der Waals surface area (Å²) in [6.45, 7) is 2.59. The zero-order chi connectivity index (χ0) is 14.8. The summed E-state index contributed by atoms with van der Waals surface area (Å²) in [6.07, 6.45) is -2.79. The standard InChI is InChI=1S/C14H13BrF3NO/c1-2-19-12(13-11(15)7-8-20-13)9-3-5-10(6-4-9)14(16,17)18/h3-8,12,19H,2H2,1H3. The molecule has 1 aromatic carbocycles. The van der Waals surface area contributed by atoms with E-state index in [1.807, 2.05) is 6.92 Å². The van der Waals surface area contributed by atoms with Crippen LogP contribution in [-0.4, -0.2) is 6.54 Å². The lowest BCUT2D eigenvalue weighted by molar-refractivity contribution is -0.137. The fraction of sp³-hybridized carbons (Fsp3) is 0.286. The second-order valence-corrected chi connectivity index (χ2v) is 5.10. The van der Waals surface area contributed by atoms with Gasteiger partial charge in [0.05, 0.1) is 22.3 Å². The maximum absolute atomic E-state index is 12.6. The largest absolute Gasteiger partial charge is 0.466 e. The molecule has 0 aliphatic rings. The van der Waals surface area contributed by atoms with Crippen LogP contribution >= 0.6 is 15.9 Å². The second-order valence-electron chi connectivity index (χ2n) is 4.24. The smallest absolute Gasteiger partial charge is 0.416 e. The molecule has 0 saturated heterocycles. The van der Waals surface area contributed by atoms with Crippen LogP contribution in [-0.2, 0) is 6.18 Å². The number of alkyl halides is 3. The van der Waals surface area contributed by atoms with Gasteiger partial charge in [0.25, 0.3) is 0 Å². The molecule has 20 heavy (non-hydrogen) atoms. The van der Waals surface area contributed by atoms with E-state index in [0.717, 1.165) is 22.2 Å². The second kappa shape index (κ2) is 6.01. The van der Waals surface area contributed by atoms with Crippen LogP contribution in [0.2, 0.25) is 0 Å². The van der Waals surface area contributed by atoms with E-state index >= 15 is 0 Å². The number of furan rings is 1. The highest BCUT2D eigenvalue weighted by atomic mass is 79.9. The minimum Gasteiger partial charge on any atom is -0.466 e. The van der Waals surface area contributed by atoms with Gasteiger partial charge in [0.15, 0.2) is 0 Å². The van der Waals surface area contributed by atoms with Crippen molar-refractivity contribution in [2.45, 2.75) is 19.1 Å². The number of rotatable bonds is 4. The van der Waals surface area contributed by atoms with Crippen LogP contribution in [0.1, 0.15) is 29.9 Å². The highest BCUT2D eigenvalue weighted by Crippen LogP contribution is 2.33. The highest BCUT2D eigenvalue weighted by molar-refractivity contribution is 9.10.